The van der Waals surface area contributed by atoms with Gasteiger partial charge in [0.1, 0.15) is 0 Å². The quantitative estimate of drug-likeness (QED) is 0.829. The molecular formula is C16H27N3. The van der Waals surface area contributed by atoms with Gasteiger partial charge in [0, 0.05) is 24.2 Å². The van der Waals surface area contributed by atoms with Crippen LogP contribution in [-0.4, -0.2) is 15.6 Å². The molecule has 3 rings (SSSR count). The van der Waals surface area contributed by atoms with E-state index < -0.39 is 0 Å². The smallest absolute Gasteiger partial charge is 0.203 e. The maximum absolute atomic E-state index is 4.82. The van der Waals surface area contributed by atoms with Crippen molar-refractivity contribution in [2.75, 3.05) is 5.32 Å². The maximum Gasteiger partial charge on any atom is 0.203 e. The van der Waals surface area contributed by atoms with Crippen LogP contribution in [0.5, 0.6) is 0 Å². The number of hydrogen-bond donors (Lipinski definition) is 1. The molecule has 1 unspecified atom stereocenters. The predicted octanol–water partition coefficient (Wildman–Crippen LogP) is 3.95. The molecule has 2 aliphatic rings. The number of aryl methyl sites for hydroxylation is 1. The molecule has 0 aromatic carbocycles. The molecule has 1 aliphatic heterocycles. The average Bonchev–Trinajstić information content (AvgIpc) is 2.82. The number of imidazole rings is 1. The van der Waals surface area contributed by atoms with E-state index in [1.54, 1.807) is 0 Å². The number of nitrogens with zero attached hydrogens (tertiary/aromatic N) is 2. The van der Waals surface area contributed by atoms with Gasteiger partial charge in [-0.1, -0.05) is 40.0 Å². The first-order valence-corrected chi connectivity index (χ1v) is 7.88. The van der Waals surface area contributed by atoms with Gasteiger partial charge in [0.25, 0.3) is 0 Å². The molecule has 19 heavy (non-hydrogen) atoms. The first-order valence-electron chi connectivity index (χ1n) is 7.88. The van der Waals surface area contributed by atoms with E-state index in [1.807, 2.05) is 0 Å². The largest absolute Gasteiger partial charge is 0.353 e. The van der Waals surface area contributed by atoms with Gasteiger partial charge in [-0.3, -0.25) is 0 Å². The lowest BCUT2D eigenvalue weighted by atomic mass is 9.82. The van der Waals surface area contributed by atoms with Crippen LogP contribution in [-0.2, 0) is 12.0 Å². The second kappa shape index (κ2) is 4.84. The minimum atomic E-state index is 0.145. The van der Waals surface area contributed by atoms with Gasteiger partial charge in [-0.15, -0.1) is 0 Å². The lowest BCUT2D eigenvalue weighted by Crippen LogP contribution is -2.36. The van der Waals surface area contributed by atoms with E-state index in [2.05, 4.69) is 36.9 Å². The summed E-state index contributed by atoms with van der Waals surface area (Å²) in [5.74, 6) is 1.98. The van der Waals surface area contributed by atoms with Crippen LogP contribution in [0, 0.1) is 5.92 Å². The van der Waals surface area contributed by atoms with Gasteiger partial charge in [-0.2, -0.15) is 0 Å². The molecular weight excluding hydrogens is 234 g/mol. The van der Waals surface area contributed by atoms with Crippen molar-refractivity contribution >= 4 is 5.95 Å². The number of hydrogen-bond acceptors (Lipinski definition) is 2. The van der Waals surface area contributed by atoms with E-state index >= 15 is 0 Å². The van der Waals surface area contributed by atoms with Crippen LogP contribution in [0.4, 0.5) is 5.95 Å². The van der Waals surface area contributed by atoms with Crippen molar-refractivity contribution in [2.24, 2.45) is 5.92 Å². The lowest BCUT2D eigenvalue weighted by molar-refractivity contribution is 0.292. The van der Waals surface area contributed by atoms with Crippen molar-refractivity contribution < 1.29 is 0 Å². The third-order valence-electron chi connectivity index (χ3n) is 4.76. The Kier molecular flexibility index (Phi) is 3.32. The molecule has 2 heterocycles. The normalized spacial score (nSPS) is 24.9. The molecule has 3 nitrogen and oxygen atoms in total. The third kappa shape index (κ3) is 2.65. The fraction of sp³-hybridized carbons (Fsp3) is 0.812. The molecule has 1 atom stereocenters. The monoisotopic (exact) mass is 261 g/mol. The molecule has 0 saturated heterocycles. The Bertz CT molecular complexity index is 435. The van der Waals surface area contributed by atoms with E-state index in [0.717, 1.165) is 18.4 Å². The molecule has 1 aliphatic carbocycles. The predicted molar refractivity (Wildman–Crippen MR) is 79.5 cm³/mol. The zero-order valence-corrected chi connectivity index (χ0v) is 12.6. The van der Waals surface area contributed by atoms with Crippen LogP contribution in [0.2, 0.25) is 0 Å². The number of anilines is 1. The minimum absolute atomic E-state index is 0.145. The van der Waals surface area contributed by atoms with Crippen molar-refractivity contribution in [3.8, 4) is 0 Å². The Morgan fingerprint density at radius 3 is 2.58 bits per heavy atom. The van der Waals surface area contributed by atoms with Crippen molar-refractivity contribution in [2.45, 2.75) is 77.3 Å². The highest BCUT2D eigenvalue weighted by Crippen LogP contribution is 2.33. The van der Waals surface area contributed by atoms with E-state index in [-0.39, 0.29) is 5.41 Å². The molecule has 0 radical (unpaired) electrons. The van der Waals surface area contributed by atoms with E-state index in [1.165, 1.54) is 44.2 Å². The summed E-state index contributed by atoms with van der Waals surface area (Å²) in [5.41, 5.74) is 1.35. The fourth-order valence-electron chi connectivity index (χ4n) is 3.47. The van der Waals surface area contributed by atoms with Crippen molar-refractivity contribution in [1.29, 1.82) is 0 Å². The van der Waals surface area contributed by atoms with Gasteiger partial charge in [-0.05, 0) is 25.2 Å². The number of nitrogens with one attached hydrogen (secondary N) is 1. The summed E-state index contributed by atoms with van der Waals surface area (Å²) < 4.78 is 2.31. The van der Waals surface area contributed by atoms with Gasteiger partial charge in [0.2, 0.25) is 5.95 Å². The molecule has 1 saturated carbocycles. The van der Waals surface area contributed by atoms with Crippen LogP contribution < -0.4 is 5.32 Å². The molecule has 1 aromatic heterocycles. The van der Waals surface area contributed by atoms with Crippen LogP contribution in [0.15, 0.2) is 6.20 Å². The van der Waals surface area contributed by atoms with Crippen molar-refractivity contribution in [3.05, 3.63) is 11.9 Å². The van der Waals surface area contributed by atoms with E-state index in [0.29, 0.717) is 6.04 Å². The minimum Gasteiger partial charge on any atom is -0.353 e. The van der Waals surface area contributed by atoms with Crippen LogP contribution in [0.1, 0.15) is 65.0 Å². The molecule has 0 amide bonds. The SMILES string of the molecule is CC(C)(C)c1cn2c(n1)NC(C1CCCCC1)CC2. The molecule has 3 heteroatoms. The maximum atomic E-state index is 4.82. The highest BCUT2D eigenvalue weighted by atomic mass is 15.2. The number of rotatable bonds is 1. The molecule has 1 aromatic rings. The highest BCUT2D eigenvalue weighted by molar-refractivity contribution is 5.34. The summed E-state index contributed by atoms with van der Waals surface area (Å²) in [6.07, 6.45) is 10.6. The van der Waals surface area contributed by atoms with Crippen LogP contribution >= 0.6 is 0 Å². The standard InChI is InChI=1S/C16H27N3/c1-16(2,3)14-11-19-10-9-13(17-15(19)18-14)12-7-5-4-6-8-12/h11-13H,4-10H2,1-3H3,(H,17,18). The Morgan fingerprint density at radius 2 is 1.89 bits per heavy atom. The van der Waals surface area contributed by atoms with Gasteiger partial charge < -0.3 is 9.88 Å². The molecule has 0 spiro atoms. The summed E-state index contributed by atoms with van der Waals surface area (Å²) in [4.78, 5) is 4.82. The van der Waals surface area contributed by atoms with Crippen molar-refractivity contribution in [3.63, 3.8) is 0 Å². The Hall–Kier alpha value is -0.990. The first-order chi connectivity index (χ1) is 9.04. The zero-order chi connectivity index (χ0) is 13.5. The van der Waals surface area contributed by atoms with Crippen LogP contribution in [0.25, 0.3) is 0 Å². The molecule has 106 valence electrons. The second-order valence-corrected chi connectivity index (χ2v) is 7.33. The topological polar surface area (TPSA) is 29.9 Å². The fourth-order valence-corrected chi connectivity index (χ4v) is 3.47. The average molecular weight is 261 g/mol. The number of aromatic nitrogens is 2. The lowest BCUT2D eigenvalue weighted by Gasteiger charge is -2.34. The Morgan fingerprint density at radius 1 is 1.16 bits per heavy atom. The van der Waals surface area contributed by atoms with Gasteiger partial charge >= 0.3 is 0 Å². The molecule has 1 N–H and O–H groups in total. The number of fused-ring (bicyclic) bond motifs is 1. The summed E-state index contributed by atoms with van der Waals surface area (Å²) in [6, 6.07) is 0.656. The highest BCUT2D eigenvalue weighted by Gasteiger charge is 2.29. The van der Waals surface area contributed by atoms with E-state index in [9.17, 15) is 0 Å². The summed E-state index contributed by atoms with van der Waals surface area (Å²) in [5, 5.41) is 3.71. The first kappa shape index (κ1) is 13.0. The summed E-state index contributed by atoms with van der Waals surface area (Å²) in [7, 11) is 0. The summed E-state index contributed by atoms with van der Waals surface area (Å²) >= 11 is 0. The van der Waals surface area contributed by atoms with Crippen molar-refractivity contribution in [1.82, 2.24) is 9.55 Å². The second-order valence-electron chi connectivity index (χ2n) is 7.33. The Balaban J connectivity index is 1.74. The van der Waals surface area contributed by atoms with Crippen LogP contribution in [0.3, 0.4) is 0 Å². The molecule has 0 bridgehead atoms. The van der Waals surface area contributed by atoms with Gasteiger partial charge in [0.15, 0.2) is 0 Å². The summed E-state index contributed by atoms with van der Waals surface area (Å²) in [6.45, 7) is 7.84. The zero-order valence-electron chi connectivity index (χ0n) is 12.6. The van der Waals surface area contributed by atoms with Gasteiger partial charge in [0.05, 0.1) is 5.69 Å². The van der Waals surface area contributed by atoms with Gasteiger partial charge in [-0.25, -0.2) is 4.98 Å². The molecule has 1 fully saturated rings. The third-order valence-corrected chi connectivity index (χ3v) is 4.76. The Labute approximate surface area is 116 Å². The van der Waals surface area contributed by atoms with E-state index in [4.69, 9.17) is 4.98 Å².